The van der Waals surface area contributed by atoms with Gasteiger partial charge >= 0.3 is 0 Å². The van der Waals surface area contributed by atoms with Crippen LogP contribution in [-0.4, -0.2) is 45.8 Å². The molecule has 1 saturated heterocycles. The number of pyridine rings is 1. The van der Waals surface area contributed by atoms with Crippen LogP contribution in [0.3, 0.4) is 0 Å². The van der Waals surface area contributed by atoms with Crippen LogP contribution < -0.4 is 15.8 Å². The van der Waals surface area contributed by atoms with Gasteiger partial charge in [-0.15, -0.1) is 0 Å². The van der Waals surface area contributed by atoms with Gasteiger partial charge < -0.3 is 15.3 Å². The molecule has 2 aliphatic heterocycles. The van der Waals surface area contributed by atoms with Crippen LogP contribution in [0, 0.1) is 11.6 Å². The van der Waals surface area contributed by atoms with Crippen LogP contribution >= 0.6 is 11.6 Å². The number of carbonyl (C=O) groups excluding carboxylic acids is 2. The average Bonchev–Trinajstić information content (AvgIpc) is 2.79. The fraction of sp³-hybridized carbons (Fsp3) is 0.318. The summed E-state index contributed by atoms with van der Waals surface area (Å²) in [5, 5.41) is 14.0. The number of hydrogen-bond donors (Lipinski definition) is 2. The summed E-state index contributed by atoms with van der Waals surface area (Å²) < 4.78 is 28.8. The Balaban J connectivity index is 1.71. The van der Waals surface area contributed by atoms with E-state index in [-0.39, 0.29) is 17.8 Å². The lowest BCUT2D eigenvalue weighted by atomic mass is 10.0. The first-order valence-electron chi connectivity index (χ1n) is 10.3. The van der Waals surface area contributed by atoms with E-state index in [1.54, 1.807) is 11.9 Å². The van der Waals surface area contributed by atoms with E-state index in [0.29, 0.717) is 19.5 Å². The second-order valence-electron chi connectivity index (χ2n) is 7.82. The molecule has 0 aliphatic carbocycles. The lowest BCUT2D eigenvalue weighted by Crippen LogP contribution is -2.63. The van der Waals surface area contributed by atoms with E-state index >= 15 is 0 Å². The second-order valence-corrected chi connectivity index (χ2v) is 8.20. The summed E-state index contributed by atoms with van der Waals surface area (Å²) in [6.45, 7) is 6.30. The molecular formula is C22H21ClF2N4O4. The molecule has 8 nitrogen and oxygen atoms in total. The van der Waals surface area contributed by atoms with Gasteiger partial charge in [-0.1, -0.05) is 24.2 Å². The van der Waals surface area contributed by atoms with Crippen LogP contribution in [0.2, 0.25) is 5.02 Å². The minimum atomic E-state index is -1.03. The number of carbonyl (C=O) groups is 2. The van der Waals surface area contributed by atoms with E-state index in [1.165, 1.54) is 15.8 Å². The van der Waals surface area contributed by atoms with E-state index in [1.807, 2.05) is 0 Å². The second kappa shape index (κ2) is 8.51. The van der Waals surface area contributed by atoms with Crippen LogP contribution in [0.25, 0.3) is 0 Å². The van der Waals surface area contributed by atoms with E-state index in [0.717, 1.165) is 24.1 Å². The van der Waals surface area contributed by atoms with Crippen molar-refractivity contribution in [3.05, 3.63) is 74.2 Å². The van der Waals surface area contributed by atoms with Gasteiger partial charge in [0.15, 0.2) is 11.4 Å². The number of fused-ring (bicyclic) bond motifs is 3. The first kappa shape index (κ1) is 22.8. The number of hydrogen-bond acceptors (Lipinski definition) is 5. The van der Waals surface area contributed by atoms with E-state index in [4.69, 9.17) is 11.6 Å². The number of amides is 2. The smallest absolute Gasteiger partial charge is 0.278 e. The SMILES string of the molecule is C=C1CCCN2[C@@H]1N(CC)C(=O)c1c(O)c(=O)c(C(=O)NCc3ccc(F)c(Cl)c3F)cn12. The average molecular weight is 479 g/mol. The Morgan fingerprint density at radius 1 is 1.33 bits per heavy atom. The zero-order valence-electron chi connectivity index (χ0n) is 17.7. The van der Waals surface area contributed by atoms with E-state index in [2.05, 4.69) is 11.9 Å². The maximum atomic E-state index is 14.1. The summed E-state index contributed by atoms with van der Waals surface area (Å²) in [6, 6.07) is 2.08. The van der Waals surface area contributed by atoms with Gasteiger partial charge in [-0.25, -0.2) is 8.78 Å². The minimum Gasteiger partial charge on any atom is -0.502 e. The maximum absolute atomic E-state index is 14.1. The normalized spacial score (nSPS) is 17.6. The van der Waals surface area contributed by atoms with Gasteiger partial charge in [0, 0.05) is 31.4 Å². The Bertz CT molecular complexity index is 1250. The highest BCUT2D eigenvalue weighted by Crippen LogP contribution is 2.31. The van der Waals surface area contributed by atoms with Crippen LogP contribution in [0.5, 0.6) is 5.75 Å². The topological polar surface area (TPSA) is 94.9 Å². The molecule has 1 aromatic carbocycles. The Hall–Kier alpha value is -3.40. The summed E-state index contributed by atoms with van der Waals surface area (Å²) in [5.41, 5.74) is -0.985. The highest BCUT2D eigenvalue weighted by Gasteiger charge is 2.42. The van der Waals surface area contributed by atoms with Crippen molar-refractivity contribution >= 4 is 23.4 Å². The maximum Gasteiger partial charge on any atom is 0.278 e. The minimum absolute atomic E-state index is 0.0850. The molecule has 0 spiro atoms. The highest BCUT2D eigenvalue weighted by atomic mass is 35.5. The predicted octanol–water partition coefficient (Wildman–Crippen LogP) is 2.51. The molecule has 0 saturated carbocycles. The number of likely N-dealkylation sites (N-methyl/N-ethyl adjacent to an activating group) is 1. The summed E-state index contributed by atoms with van der Waals surface area (Å²) in [5.74, 6) is -4.27. The largest absolute Gasteiger partial charge is 0.502 e. The van der Waals surface area contributed by atoms with Crippen molar-refractivity contribution in [3.63, 3.8) is 0 Å². The number of piperidine rings is 1. The van der Waals surface area contributed by atoms with Crippen LogP contribution in [-0.2, 0) is 6.54 Å². The fourth-order valence-corrected chi connectivity index (χ4v) is 4.41. The third kappa shape index (κ3) is 3.64. The third-order valence-electron chi connectivity index (χ3n) is 5.87. The lowest BCUT2D eigenvalue weighted by Gasteiger charge is -2.49. The van der Waals surface area contributed by atoms with Crippen LogP contribution in [0.15, 0.2) is 35.3 Å². The monoisotopic (exact) mass is 478 g/mol. The van der Waals surface area contributed by atoms with Gasteiger partial charge in [0.25, 0.3) is 11.8 Å². The molecule has 174 valence electrons. The highest BCUT2D eigenvalue weighted by molar-refractivity contribution is 6.30. The quantitative estimate of drug-likeness (QED) is 0.520. The predicted molar refractivity (Wildman–Crippen MR) is 117 cm³/mol. The molecule has 11 heteroatoms. The Morgan fingerprint density at radius 3 is 2.76 bits per heavy atom. The van der Waals surface area contributed by atoms with Crippen molar-refractivity contribution in [3.8, 4) is 5.75 Å². The van der Waals surface area contributed by atoms with E-state index < -0.39 is 51.4 Å². The van der Waals surface area contributed by atoms with Crippen molar-refractivity contribution in [1.82, 2.24) is 14.9 Å². The Labute approximate surface area is 192 Å². The fourth-order valence-electron chi connectivity index (χ4n) is 4.23. The summed E-state index contributed by atoms with van der Waals surface area (Å²) in [6.07, 6.45) is 2.17. The number of nitrogens with zero attached hydrogens (tertiary/aromatic N) is 3. The van der Waals surface area contributed by atoms with Gasteiger partial charge in [-0.3, -0.25) is 24.1 Å². The first-order chi connectivity index (χ1) is 15.7. The molecular weight excluding hydrogens is 458 g/mol. The lowest BCUT2D eigenvalue weighted by molar-refractivity contribution is 0.0602. The molecule has 1 aromatic heterocycles. The van der Waals surface area contributed by atoms with Gasteiger partial charge in [0.1, 0.15) is 28.4 Å². The van der Waals surface area contributed by atoms with Crippen molar-refractivity contribution in [1.29, 1.82) is 0 Å². The first-order valence-corrected chi connectivity index (χ1v) is 10.7. The van der Waals surface area contributed by atoms with E-state index in [9.17, 15) is 28.3 Å². The number of nitrogens with one attached hydrogen (secondary N) is 1. The summed E-state index contributed by atoms with van der Waals surface area (Å²) in [4.78, 5) is 40.1. The summed E-state index contributed by atoms with van der Waals surface area (Å²) in [7, 11) is 0. The molecule has 2 aromatic rings. The zero-order chi connectivity index (χ0) is 24.0. The molecule has 1 fully saturated rings. The van der Waals surface area contributed by atoms with Gasteiger partial charge in [-0.2, -0.15) is 0 Å². The Morgan fingerprint density at radius 2 is 2.06 bits per heavy atom. The number of benzene rings is 1. The number of rotatable bonds is 4. The van der Waals surface area contributed by atoms with Gasteiger partial charge in [0.05, 0.1) is 0 Å². The van der Waals surface area contributed by atoms with Crippen molar-refractivity contribution < 1.29 is 23.5 Å². The Kier molecular flexibility index (Phi) is 5.87. The molecule has 0 unspecified atom stereocenters. The number of aromatic nitrogens is 1. The van der Waals surface area contributed by atoms with Crippen molar-refractivity contribution in [2.75, 3.05) is 18.1 Å². The molecule has 3 heterocycles. The van der Waals surface area contributed by atoms with Crippen molar-refractivity contribution in [2.24, 2.45) is 0 Å². The molecule has 33 heavy (non-hydrogen) atoms. The molecule has 0 bridgehead atoms. The molecule has 0 radical (unpaired) electrons. The molecule has 2 amide bonds. The van der Waals surface area contributed by atoms with Crippen LogP contribution in [0.1, 0.15) is 46.2 Å². The van der Waals surface area contributed by atoms with Crippen LogP contribution in [0.4, 0.5) is 8.78 Å². The third-order valence-corrected chi connectivity index (χ3v) is 6.22. The van der Waals surface area contributed by atoms with Crippen molar-refractivity contribution in [2.45, 2.75) is 32.5 Å². The molecule has 4 rings (SSSR count). The standard InChI is InChI=1S/C22H21ClF2N4O4/c1-3-27-21-11(2)5-4-8-28(21)29-10-13(18(30)19(31)17(29)22(27)33)20(32)26-9-12-6-7-14(24)15(23)16(12)25/h6-7,10,21,31H,2-5,8-9H2,1H3,(H,26,32)/t21-/m0/s1. The summed E-state index contributed by atoms with van der Waals surface area (Å²) >= 11 is 5.56. The number of halogens is 3. The van der Waals surface area contributed by atoms with Gasteiger partial charge in [-0.05, 0) is 31.4 Å². The van der Waals surface area contributed by atoms with Gasteiger partial charge in [0.2, 0.25) is 5.43 Å². The zero-order valence-corrected chi connectivity index (χ0v) is 18.5. The number of aromatic hydroxyl groups is 1. The molecule has 2 N–H and O–H groups in total. The molecule has 1 atom stereocenters. The molecule has 2 aliphatic rings.